The van der Waals surface area contributed by atoms with Crippen LogP contribution in [0.2, 0.25) is 0 Å². The van der Waals surface area contributed by atoms with Gasteiger partial charge in [-0.2, -0.15) is 0 Å². The van der Waals surface area contributed by atoms with E-state index in [-0.39, 0.29) is 0 Å². The van der Waals surface area contributed by atoms with E-state index >= 15 is 0 Å². The number of rotatable bonds is 3. The highest BCUT2D eigenvalue weighted by Gasteiger charge is 2.13. The number of aliphatic imine (C=N–C) groups is 1. The van der Waals surface area contributed by atoms with Gasteiger partial charge in [0.1, 0.15) is 12.4 Å². The van der Waals surface area contributed by atoms with E-state index in [0.717, 1.165) is 35.4 Å². The maximum absolute atomic E-state index is 6.16. The van der Waals surface area contributed by atoms with Crippen molar-refractivity contribution in [2.45, 2.75) is 39.2 Å². The van der Waals surface area contributed by atoms with Gasteiger partial charge in [-0.25, -0.2) is 9.98 Å². The lowest BCUT2D eigenvalue weighted by Crippen LogP contribution is -2.24. The van der Waals surface area contributed by atoms with Gasteiger partial charge >= 0.3 is 0 Å². The molecule has 0 saturated carbocycles. The SMILES string of the molecule is Cc1ccc2c(c1)nc(CN=C(N)Nc1cccc3c1CCCC3)n2C. The van der Waals surface area contributed by atoms with E-state index in [1.165, 1.54) is 29.5 Å². The summed E-state index contributed by atoms with van der Waals surface area (Å²) in [5.41, 5.74) is 13.4. The monoisotopic (exact) mass is 347 g/mol. The predicted octanol–water partition coefficient (Wildman–Crippen LogP) is 3.69. The first-order valence-corrected chi connectivity index (χ1v) is 9.21. The Morgan fingerprint density at radius 2 is 2.08 bits per heavy atom. The van der Waals surface area contributed by atoms with Gasteiger partial charge in [0.15, 0.2) is 5.96 Å². The van der Waals surface area contributed by atoms with Crippen molar-refractivity contribution in [3.05, 3.63) is 58.9 Å². The molecule has 26 heavy (non-hydrogen) atoms. The zero-order chi connectivity index (χ0) is 18.1. The molecule has 134 valence electrons. The molecule has 1 heterocycles. The average Bonchev–Trinajstić information content (AvgIpc) is 2.95. The zero-order valence-electron chi connectivity index (χ0n) is 15.4. The van der Waals surface area contributed by atoms with Crippen molar-refractivity contribution in [2.24, 2.45) is 17.8 Å². The number of aromatic nitrogens is 2. The molecule has 0 fully saturated rings. The Morgan fingerprint density at radius 1 is 1.23 bits per heavy atom. The number of fused-ring (bicyclic) bond motifs is 2. The molecule has 3 N–H and O–H groups in total. The number of anilines is 1. The van der Waals surface area contributed by atoms with Gasteiger partial charge in [0.25, 0.3) is 0 Å². The second-order valence-electron chi connectivity index (χ2n) is 7.06. The van der Waals surface area contributed by atoms with Crippen LogP contribution in [0.3, 0.4) is 0 Å². The fourth-order valence-corrected chi connectivity index (χ4v) is 3.73. The molecule has 5 heteroatoms. The van der Waals surface area contributed by atoms with Gasteiger partial charge in [-0.3, -0.25) is 0 Å². The zero-order valence-corrected chi connectivity index (χ0v) is 15.4. The molecule has 1 aliphatic rings. The van der Waals surface area contributed by atoms with Crippen molar-refractivity contribution < 1.29 is 0 Å². The number of nitrogens with two attached hydrogens (primary N) is 1. The van der Waals surface area contributed by atoms with Crippen LogP contribution < -0.4 is 11.1 Å². The van der Waals surface area contributed by atoms with Gasteiger partial charge in [0.05, 0.1) is 11.0 Å². The summed E-state index contributed by atoms with van der Waals surface area (Å²) >= 11 is 0. The molecule has 3 aromatic rings. The van der Waals surface area contributed by atoms with Gasteiger partial charge in [0.2, 0.25) is 0 Å². The number of nitrogens with one attached hydrogen (secondary N) is 1. The summed E-state index contributed by atoms with van der Waals surface area (Å²) in [6.45, 7) is 2.53. The maximum atomic E-state index is 6.16. The molecule has 1 aliphatic carbocycles. The fourth-order valence-electron chi connectivity index (χ4n) is 3.73. The summed E-state index contributed by atoms with van der Waals surface area (Å²) in [4.78, 5) is 9.21. The highest BCUT2D eigenvalue weighted by atomic mass is 15.1. The predicted molar refractivity (Wildman–Crippen MR) is 107 cm³/mol. The van der Waals surface area contributed by atoms with Gasteiger partial charge in [-0.1, -0.05) is 18.2 Å². The minimum absolute atomic E-state index is 0.437. The van der Waals surface area contributed by atoms with Gasteiger partial charge < -0.3 is 15.6 Å². The summed E-state index contributed by atoms with van der Waals surface area (Å²) in [6.07, 6.45) is 4.77. The fraction of sp³-hybridized carbons (Fsp3) is 0.333. The molecule has 4 rings (SSSR count). The molecule has 0 unspecified atom stereocenters. The van der Waals surface area contributed by atoms with E-state index in [2.05, 4.69) is 58.2 Å². The van der Waals surface area contributed by atoms with Crippen LogP contribution >= 0.6 is 0 Å². The van der Waals surface area contributed by atoms with Gasteiger partial charge in [-0.05, 0) is 67.5 Å². The first kappa shape index (κ1) is 16.6. The molecular weight excluding hydrogens is 322 g/mol. The Morgan fingerprint density at radius 3 is 2.96 bits per heavy atom. The quantitative estimate of drug-likeness (QED) is 0.561. The average molecular weight is 347 g/mol. The third-order valence-corrected chi connectivity index (χ3v) is 5.18. The van der Waals surface area contributed by atoms with Gasteiger partial charge in [0, 0.05) is 12.7 Å². The summed E-state index contributed by atoms with van der Waals surface area (Å²) < 4.78 is 2.08. The number of aryl methyl sites for hydroxylation is 3. The highest BCUT2D eigenvalue weighted by molar-refractivity contribution is 5.93. The second kappa shape index (κ2) is 6.83. The lowest BCUT2D eigenvalue weighted by atomic mass is 9.90. The van der Waals surface area contributed by atoms with Crippen LogP contribution in [0, 0.1) is 6.92 Å². The number of guanidine groups is 1. The van der Waals surface area contributed by atoms with E-state index in [1.54, 1.807) is 0 Å². The normalized spacial score (nSPS) is 14.5. The van der Waals surface area contributed by atoms with Crippen LogP contribution in [-0.4, -0.2) is 15.5 Å². The topological polar surface area (TPSA) is 68.2 Å². The van der Waals surface area contributed by atoms with E-state index in [1.807, 2.05) is 7.05 Å². The first-order valence-electron chi connectivity index (χ1n) is 9.21. The molecule has 0 saturated heterocycles. The summed E-state index contributed by atoms with van der Waals surface area (Å²) in [5, 5.41) is 3.29. The van der Waals surface area contributed by atoms with E-state index in [4.69, 9.17) is 10.7 Å². The molecule has 2 aromatic carbocycles. The highest BCUT2D eigenvalue weighted by Crippen LogP contribution is 2.27. The molecule has 0 amide bonds. The molecule has 0 spiro atoms. The van der Waals surface area contributed by atoms with Crippen molar-refractivity contribution in [1.29, 1.82) is 0 Å². The molecular formula is C21H25N5. The molecule has 0 bridgehead atoms. The van der Waals surface area contributed by atoms with Gasteiger partial charge in [-0.15, -0.1) is 0 Å². The third kappa shape index (κ3) is 3.17. The van der Waals surface area contributed by atoms with Crippen LogP contribution in [0.25, 0.3) is 11.0 Å². The van der Waals surface area contributed by atoms with Crippen LogP contribution in [-0.2, 0) is 26.4 Å². The van der Waals surface area contributed by atoms with Crippen LogP contribution in [0.5, 0.6) is 0 Å². The van der Waals surface area contributed by atoms with Crippen molar-refractivity contribution in [3.63, 3.8) is 0 Å². The number of nitrogens with zero attached hydrogens (tertiary/aromatic N) is 3. The molecule has 1 aromatic heterocycles. The Kier molecular flexibility index (Phi) is 4.37. The lowest BCUT2D eigenvalue weighted by Gasteiger charge is -2.19. The summed E-state index contributed by atoms with van der Waals surface area (Å²) in [5.74, 6) is 1.35. The van der Waals surface area contributed by atoms with Crippen LogP contribution in [0.15, 0.2) is 41.4 Å². The van der Waals surface area contributed by atoms with Crippen LogP contribution in [0.4, 0.5) is 5.69 Å². The van der Waals surface area contributed by atoms with Crippen molar-refractivity contribution in [2.75, 3.05) is 5.32 Å². The smallest absolute Gasteiger partial charge is 0.193 e. The van der Waals surface area contributed by atoms with E-state index in [0.29, 0.717) is 12.5 Å². The molecule has 0 aliphatic heterocycles. The number of hydrogen-bond acceptors (Lipinski definition) is 2. The lowest BCUT2D eigenvalue weighted by molar-refractivity contribution is 0.687. The Labute approximate surface area is 154 Å². The Bertz CT molecular complexity index is 983. The standard InChI is InChI=1S/C21H25N5/c1-14-10-11-19-18(12-14)24-20(26(19)2)13-23-21(22)25-17-9-5-7-15-6-3-4-8-16(15)17/h5,7,9-12H,3-4,6,8,13H2,1-2H3,(H3,22,23,25). The van der Waals surface area contributed by atoms with E-state index < -0.39 is 0 Å². The minimum atomic E-state index is 0.437. The first-order chi connectivity index (χ1) is 12.6. The largest absolute Gasteiger partial charge is 0.370 e. The Balaban J connectivity index is 1.54. The van der Waals surface area contributed by atoms with Crippen molar-refractivity contribution in [1.82, 2.24) is 9.55 Å². The summed E-state index contributed by atoms with van der Waals surface area (Å²) in [6, 6.07) is 12.7. The maximum Gasteiger partial charge on any atom is 0.193 e. The minimum Gasteiger partial charge on any atom is -0.370 e. The molecule has 0 radical (unpaired) electrons. The number of hydrogen-bond donors (Lipinski definition) is 2. The van der Waals surface area contributed by atoms with Crippen molar-refractivity contribution in [3.8, 4) is 0 Å². The molecule has 5 nitrogen and oxygen atoms in total. The molecule has 0 atom stereocenters. The number of imidazole rings is 1. The number of benzene rings is 2. The van der Waals surface area contributed by atoms with Crippen molar-refractivity contribution >= 4 is 22.7 Å². The Hall–Kier alpha value is -2.82. The second-order valence-corrected chi connectivity index (χ2v) is 7.06. The summed E-state index contributed by atoms with van der Waals surface area (Å²) in [7, 11) is 2.02. The third-order valence-electron chi connectivity index (χ3n) is 5.18. The van der Waals surface area contributed by atoms with Crippen LogP contribution in [0.1, 0.15) is 35.4 Å². The van der Waals surface area contributed by atoms with E-state index in [9.17, 15) is 0 Å².